The maximum Gasteiger partial charge on any atom is 0.224 e. The molecule has 2 aromatic rings. The van der Waals surface area contributed by atoms with Crippen molar-refractivity contribution in [3.05, 3.63) is 59.7 Å². The minimum absolute atomic E-state index is 0.0146. The second kappa shape index (κ2) is 10.2. The summed E-state index contributed by atoms with van der Waals surface area (Å²) in [6.07, 6.45) is 0.153. The van der Waals surface area contributed by atoms with Gasteiger partial charge in [-0.05, 0) is 35.4 Å². The van der Waals surface area contributed by atoms with Gasteiger partial charge in [-0.1, -0.05) is 38.1 Å². The van der Waals surface area contributed by atoms with Gasteiger partial charge in [-0.2, -0.15) is 0 Å². The second-order valence-electron chi connectivity index (χ2n) is 6.29. The van der Waals surface area contributed by atoms with Gasteiger partial charge in [0, 0.05) is 23.8 Å². The molecule has 0 spiro atoms. The van der Waals surface area contributed by atoms with Crippen molar-refractivity contribution in [3.63, 3.8) is 0 Å². The van der Waals surface area contributed by atoms with Crippen LogP contribution in [0.1, 0.15) is 31.1 Å². The molecule has 2 aromatic carbocycles. The fourth-order valence-corrected chi connectivity index (χ4v) is 3.43. The van der Waals surface area contributed by atoms with Gasteiger partial charge >= 0.3 is 0 Å². The molecule has 1 unspecified atom stereocenters. The lowest BCUT2D eigenvalue weighted by atomic mass is 10.1. The minimum Gasteiger partial charge on any atom is -0.497 e. The second-order valence-corrected chi connectivity index (χ2v) is 7.94. The van der Waals surface area contributed by atoms with Crippen molar-refractivity contribution in [2.24, 2.45) is 0 Å². The molecule has 0 bridgehead atoms. The van der Waals surface area contributed by atoms with Crippen molar-refractivity contribution in [2.75, 3.05) is 20.8 Å². The van der Waals surface area contributed by atoms with E-state index in [0.29, 0.717) is 18.2 Å². The molecule has 1 atom stereocenters. The summed E-state index contributed by atoms with van der Waals surface area (Å²) in [4.78, 5) is 13.5. The van der Waals surface area contributed by atoms with Gasteiger partial charge in [0.05, 0.1) is 19.6 Å². The van der Waals surface area contributed by atoms with Crippen molar-refractivity contribution < 1.29 is 14.3 Å². The van der Waals surface area contributed by atoms with Crippen LogP contribution in [-0.2, 0) is 16.0 Å². The topological polar surface area (TPSA) is 47.6 Å². The molecule has 0 aliphatic heterocycles. The first kappa shape index (κ1) is 20.3. The van der Waals surface area contributed by atoms with E-state index in [1.165, 1.54) is 4.90 Å². The van der Waals surface area contributed by atoms with E-state index in [9.17, 15) is 4.79 Å². The van der Waals surface area contributed by atoms with Crippen LogP contribution in [0.15, 0.2) is 53.4 Å². The third-order valence-corrected chi connectivity index (χ3v) is 4.91. The molecule has 1 amide bonds. The van der Waals surface area contributed by atoms with Crippen LogP contribution in [0, 0.1) is 0 Å². The van der Waals surface area contributed by atoms with Crippen molar-refractivity contribution in [2.45, 2.75) is 36.5 Å². The largest absolute Gasteiger partial charge is 0.497 e. The van der Waals surface area contributed by atoms with E-state index in [1.807, 2.05) is 48.2 Å². The Labute approximate surface area is 160 Å². The summed E-state index contributed by atoms with van der Waals surface area (Å²) in [5, 5.41) is 3.50. The van der Waals surface area contributed by atoms with Crippen LogP contribution in [0.25, 0.3) is 0 Å². The van der Waals surface area contributed by atoms with Gasteiger partial charge in [-0.3, -0.25) is 4.79 Å². The zero-order valence-corrected chi connectivity index (χ0v) is 16.6. The van der Waals surface area contributed by atoms with E-state index in [4.69, 9.17) is 9.47 Å². The highest BCUT2D eigenvalue weighted by molar-refractivity contribution is 7.99. The highest BCUT2D eigenvalue weighted by atomic mass is 32.2. The predicted molar refractivity (Wildman–Crippen MR) is 107 cm³/mol. The van der Waals surface area contributed by atoms with Crippen molar-refractivity contribution in [1.82, 2.24) is 5.32 Å². The third-order valence-electron chi connectivity index (χ3n) is 3.89. The number of carbonyl (C=O) groups is 1. The Kier molecular flexibility index (Phi) is 8.01. The van der Waals surface area contributed by atoms with Crippen molar-refractivity contribution in [3.8, 4) is 5.75 Å². The summed E-state index contributed by atoms with van der Waals surface area (Å²) < 4.78 is 10.8. The maximum absolute atomic E-state index is 12.3. The van der Waals surface area contributed by atoms with E-state index in [0.717, 1.165) is 16.9 Å². The number of thioether (sulfide) groups is 1. The molecule has 0 radical (unpaired) electrons. The number of carbonyl (C=O) groups excluding carboxylic acids is 1. The molecule has 0 saturated carbocycles. The molecule has 0 aromatic heterocycles. The maximum atomic E-state index is 12.3. The van der Waals surface area contributed by atoms with Crippen LogP contribution in [-0.4, -0.2) is 31.9 Å². The molecule has 5 heteroatoms. The minimum atomic E-state index is -0.209. The van der Waals surface area contributed by atoms with Crippen molar-refractivity contribution >= 4 is 17.7 Å². The van der Waals surface area contributed by atoms with E-state index in [-0.39, 0.29) is 12.0 Å². The summed E-state index contributed by atoms with van der Waals surface area (Å²) in [6.45, 7) is 4.75. The average molecular weight is 374 g/mol. The molecule has 0 fully saturated rings. The Morgan fingerprint density at radius 2 is 1.85 bits per heavy atom. The number of methoxy groups -OCH3 is 2. The normalized spacial score (nSPS) is 12.0. The fourth-order valence-electron chi connectivity index (χ4n) is 2.59. The van der Waals surface area contributed by atoms with Gasteiger partial charge in [0.1, 0.15) is 5.75 Å². The number of ether oxygens (including phenoxy) is 2. The number of amides is 1. The Morgan fingerprint density at radius 3 is 2.46 bits per heavy atom. The van der Waals surface area contributed by atoms with Crippen LogP contribution in [0.3, 0.4) is 0 Å². The van der Waals surface area contributed by atoms with Gasteiger partial charge in [0.25, 0.3) is 0 Å². The van der Waals surface area contributed by atoms with E-state index >= 15 is 0 Å². The molecular formula is C21H27NO3S. The van der Waals surface area contributed by atoms with Crippen LogP contribution < -0.4 is 10.1 Å². The number of hydrogen-bond donors (Lipinski definition) is 1. The first-order valence-corrected chi connectivity index (χ1v) is 9.58. The lowest BCUT2D eigenvalue weighted by Gasteiger charge is -2.17. The fraction of sp³-hybridized carbons (Fsp3) is 0.381. The summed E-state index contributed by atoms with van der Waals surface area (Å²) in [7, 11) is 3.27. The summed E-state index contributed by atoms with van der Waals surface area (Å²) >= 11 is 1.82. The zero-order chi connectivity index (χ0) is 18.9. The third kappa shape index (κ3) is 6.39. The Morgan fingerprint density at radius 1 is 1.12 bits per heavy atom. The Hall–Kier alpha value is -1.98. The molecular weight excluding hydrogens is 346 g/mol. The Bertz CT molecular complexity index is 701. The van der Waals surface area contributed by atoms with Gasteiger partial charge in [-0.25, -0.2) is 0 Å². The van der Waals surface area contributed by atoms with E-state index in [2.05, 4.69) is 31.3 Å². The van der Waals surface area contributed by atoms with Crippen molar-refractivity contribution in [1.29, 1.82) is 0 Å². The van der Waals surface area contributed by atoms with Gasteiger partial charge in [0.2, 0.25) is 5.91 Å². The quantitative estimate of drug-likeness (QED) is 0.668. The highest BCUT2D eigenvalue weighted by Crippen LogP contribution is 2.23. The van der Waals surface area contributed by atoms with E-state index < -0.39 is 0 Å². The monoisotopic (exact) mass is 373 g/mol. The lowest BCUT2D eigenvalue weighted by molar-refractivity contribution is -0.121. The first-order valence-electron chi connectivity index (χ1n) is 8.71. The first-order chi connectivity index (χ1) is 12.5. The molecule has 4 nitrogen and oxygen atoms in total. The molecule has 140 valence electrons. The molecule has 0 heterocycles. The molecule has 0 aliphatic rings. The highest BCUT2D eigenvalue weighted by Gasteiger charge is 2.13. The summed E-state index contributed by atoms with van der Waals surface area (Å²) in [5.41, 5.74) is 1.98. The van der Waals surface area contributed by atoms with Crippen LogP contribution in [0.2, 0.25) is 0 Å². The summed E-state index contributed by atoms with van der Waals surface area (Å²) in [6, 6.07) is 15.9. The molecule has 2 rings (SSSR count). The number of hydrogen-bond acceptors (Lipinski definition) is 4. The van der Waals surface area contributed by atoms with Crippen LogP contribution in [0.4, 0.5) is 0 Å². The molecule has 1 N–H and O–H groups in total. The van der Waals surface area contributed by atoms with Crippen LogP contribution >= 0.6 is 11.8 Å². The molecule has 0 aliphatic carbocycles. The zero-order valence-electron chi connectivity index (χ0n) is 15.8. The lowest BCUT2D eigenvalue weighted by Crippen LogP contribution is -2.30. The molecule has 0 saturated heterocycles. The number of nitrogens with one attached hydrogen (secondary N) is 1. The van der Waals surface area contributed by atoms with Crippen LogP contribution in [0.5, 0.6) is 5.75 Å². The number of benzene rings is 2. The standard InChI is InChI=1S/C21H27NO3S/c1-15(2)26-19-10-8-16(9-11-19)12-21(23)22-14-20(25-4)17-6-5-7-18(13-17)24-3/h5-11,13,15,20H,12,14H2,1-4H3,(H,22,23). The smallest absolute Gasteiger partial charge is 0.224 e. The predicted octanol–water partition coefficient (Wildman–Crippen LogP) is 4.24. The number of rotatable bonds is 9. The molecule has 26 heavy (non-hydrogen) atoms. The SMILES string of the molecule is COc1cccc(C(CNC(=O)Cc2ccc(SC(C)C)cc2)OC)c1. The van der Waals surface area contributed by atoms with Gasteiger partial charge < -0.3 is 14.8 Å². The summed E-state index contributed by atoms with van der Waals surface area (Å²) in [5.74, 6) is 0.759. The Balaban J connectivity index is 1.88. The van der Waals surface area contributed by atoms with Gasteiger partial charge in [-0.15, -0.1) is 11.8 Å². The average Bonchev–Trinajstić information content (AvgIpc) is 2.63. The van der Waals surface area contributed by atoms with E-state index in [1.54, 1.807) is 14.2 Å². The van der Waals surface area contributed by atoms with Gasteiger partial charge in [0.15, 0.2) is 0 Å².